The fourth-order valence-corrected chi connectivity index (χ4v) is 2.71. The summed E-state index contributed by atoms with van der Waals surface area (Å²) in [5.74, 6) is 0.346. The Balaban J connectivity index is 2.43. The van der Waals surface area contributed by atoms with Gasteiger partial charge in [0.2, 0.25) is 0 Å². The van der Waals surface area contributed by atoms with Gasteiger partial charge in [0.1, 0.15) is 11.6 Å². The standard InChI is InChI=1S/C12H11ClFNOS/c1-16-10-4-5-17-12(10)11(15)8-6-7(14)2-3-9(8)13/h2-6,11H,15H2,1H3. The minimum absolute atomic E-state index is 0.352. The molecule has 17 heavy (non-hydrogen) atoms. The summed E-state index contributed by atoms with van der Waals surface area (Å²) >= 11 is 7.48. The minimum Gasteiger partial charge on any atom is -0.496 e. The number of ether oxygens (including phenoxy) is 1. The second kappa shape index (κ2) is 5.04. The highest BCUT2D eigenvalue weighted by molar-refractivity contribution is 7.10. The zero-order valence-corrected chi connectivity index (χ0v) is 10.7. The van der Waals surface area contributed by atoms with Crippen LogP contribution < -0.4 is 10.5 Å². The van der Waals surface area contributed by atoms with Crippen LogP contribution in [0.1, 0.15) is 16.5 Å². The van der Waals surface area contributed by atoms with E-state index in [4.69, 9.17) is 22.1 Å². The van der Waals surface area contributed by atoms with Crippen LogP contribution in [0.25, 0.3) is 0 Å². The molecule has 0 bridgehead atoms. The molecule has 0 spiro atoms. The number of thiophene rings is 1. The lowest BCUT2D eigenvalue weighted by molar-refractivity contribution is 0.411. The molecule has 90 valence electrons. The highest BCUT2D eigenvalue weighted by Gasteiger charge is 2.18. The van der Waals surface area contributed by atoms with Crippen LogP contribution in [0.4, 0.5) is 4.39 Å². The Morgan fingerprint density at radius 3 is 2.88 bits per heavy atom. The van der Waals surface area contributed by atoms with E-state index in [9.17, 15) is 4.39 Å². The van der Waals surface area contributed by atoms with Gasteiger partial charge in [-0.3, -0.25) is 0 Å². The van der Waals surface area contributed by atoms with Crippen LogP contribution >= 0.6 is 22.9 Å². The summed E-state index contributed by atoms with van der Waals surface area (Å²) in [5, 5.41) is 2.33. The summed E-state index contributed by atoms with van der Waals surface area (Å²) in [6, 6.07) is 5.52. The number of halogens is 2. The normalized spacial score (nSPS) is 12.5. The van der Waals surface area contributed by atoms with Crippen molar-refractivity contribution in [3.05, 3.63) is 50.9 Å². The number of rotatable bonds is 3. The predicted molar refractivity (Wildman–Crippen MR) is 68.3 cm³/mol. The van der Waals surface area contributed by atoms with Gasteiger partial charge in [-0.05, 0) is 35.2 Å². The first-order chi connectivity index (χ1) is 8.13. The molecule has 2 nitrogen and oxygen atoms in total. The number of hydrogen-bond donors (Lipinski definition) is 1. The molecule has 0 fully saturated rings. The van der Waals surface area contributed by atoms with E-state index >= 15 is 0 Å². The van der Waals surface area contributed by atoms with Crippen LogP contribution in [0.5, 0.6) is 5.75 Å². The Bertz CT molecular complexity index is 529. The first kappa shape index (κ1) is 12.4. The van der Waals surface area contributed by atoms with Gasteiger partial charge in [-0.1, -0.05) is 11.6 Å². The van der Waals surface area contributed by atoms with Crippen LogP contribution in [-0.4, -0.2) is 7.11 Å². The highest BCUT2D eigenvalue weighted by atomic mass is 35.5. The van der Waals surface area contributed by atoms with Gasteiger partial charge >= 0.3 is 0 Å². The largest absolute Gasteiger partial charge is 0.496 e. The Morgan fingerprint density at radius 2 is 2.18 bits per heavy atom. The summed E-state index contributed by atoms with van der Waals surface area (Å²) < 4.78 is 18.4. The maximum Gasteiger partial charge on any atom is 0.134 e. The van der Waals surface area contributed by atoms with Crippen LogP contribution in [0.15, 0.2) is 29.6 Å². The van der Waals surface area contributed by atoms with E-state index in [1.165, 1.54) is 29.5 Å². The molecule has 1 unspecified atom stereocenters. The van der Waals surface area contributed by atoms with Crippen LogP contribution in [0.2, 0.25) is 5.02 Å². The Kier molecular flexibility index (Phi) is 3.66. The minimum atomic E-state index is -0.479. The lowest BCUT2D eigenvalue weighted by Crippen LogP contribution is -2.12. The van der Waals surface area contributed by atoms with Crippen molar-refractivity contribution in [1.82, 2.24) is 0 Å². The maximum atomic E-state index is 13.2. The first-order valence-corrected chi connectivity index (χ1v) is 6.21. The molecule has 0 saturated carbocycles. The van der Waals surface area contributed by atoms with Crippen molar-refractivity contribution in [2.24, 2.45) is 5.73 Å². The smallest absolute Gasteiger partial charge is 0.134 e. The molecule has 0 amide bonds. The van der Waals surface area contributed by atoms with Crippen LogP contribution in [-0.2, 0) is 0 Å². The molecule has 1 aromatic heterocycles. The Labute approximate surface area is 108 Å². The SMILES string of the molecule is COc1ccsc1C(N)c1cc(F)ccc1Cl. The third-order valence-electron chi connectivity index (χ3n) is 2.45. The van der Waals surface area contributed by atoms with Crippen molar-refractivity contribution in [2.75, 3.05) is 7.11 Å². The van der Waals surface area contributed by atoms with Crippen LogP contribution in [0.3, 0.4) is 0 Å². The van der Waals surface area contributed by atoms with Crippen molar-refractivity contribution in [2.45, 2.75) is 6.04 Å². The van der Waals surface area contributed by atoms with E-state index < -0.39 is 6.04 Å². The van der Waals surface area contributed by atoms with Gasteiger partial charge in [-0.2, -0.15) is 0 Å². The lowest BCUT2D eigenvalue weighted by Gasteiger charge is -2.14. The number of hydrogen-bond acceptors (Lipinski definition) is 3. The van der Waals surface area contributed by atoms with Crippen molar-refractivity contribution in [3.8, 4) is 5.75 Å². The van der Waals surface area contributed by atoms with Crippen LogP contribution in [0, 0.1) is 5.82 Å². The van der Waals surface area contributed by atoms with Gasteiger partial charge in [0.15, 0.2) is 0 Å². The van der Waals surface area contributed by atoms with Crippen molar-refractivity contribution >= 4 is 22.9 Å². The molecule has 2 aromatic rings. The summed E-state index contributed by atoms with van der Waals surface area (Å²) in [6.07, 6.45) is 0. The molecule has 1 heterocycles. The van der Waals surface area contributed by atoms with E-state index in [1.54, 1.807) is 7.11 Å². The molecule has 0 aliphatic rings. The molecular weight excluding hydrogens is 261 g/mol. The number of nitrogens with two attached hydrogens (primary N) is 1. The lowest BCUT2D eigenvalue weighted by atomic mass is 10.1. The molecule has 0 radical (unpaired) electrons. The van der Waals surface area contributed by atoms with Crippen molar-refractivity contribution in [3.63, 3.8) is 0 Å². The maximum absolute atomic E-state index is 13.2. The molecular formula is C12H11ClFNOS. The zero-order chi connectivity index (χ0) is 12.4. The quantitative estimate of drug-likeness (QED) is 0.926. The van der Waals surface area contributed by atoms with E-state index in [0.29, 0.717) is 16.3 Å². The summed E-state index contributed by atoms with van der Waals surface area (Å²) in [4.78, 5) is 0.833. The third kappa shape index (κ3) is 2.44. The molecule has 2 rings (SSSR count). The molecule has 1 aromatic carbocycles. The highest BCUT2D eigenvalue weighted by Crippen LogP contribution is 2.35. The summed E-state index contributed by atoms with van der Waals surface area (Å²) in [6.45, 7) is 0. The van der Waals surface area contributed by atoms with E-state index in [-0.39, 0.29) is 5.82 Å². The topological polar surface area (TPSA) is 35.2 Å². The molecule has 1 atom stereocenters. The van der Waals surface area contributed by atoms with Gasteiger partial charge in [-0.15, -0.1) is 11.3 Å². The van der Waals surface area contributed by atoms with E-state index in [1.807, 2.05) is 11.4 Å². The molecule has 5 heteroatoms. The monoisotopic (exact) mass is 271 g/mol. The van der Waals surface area contributed by atoms with Gasteiger partial charge in [0, 0.05) is 5.02 Å². The number of benzene rings is 1. The molecule has 0 aliphatic carbocycles. The molecule has 2 N–H and O–H groups in total. The molecule has 0 saturated heterocycles. The van der Waals surface area contributed by atoms with Gasteiger partial charge in [0.05, 0.1) is 18.0 Å². The van der Waals surface area contributed by atoms with Crippen molar-refractivity contribution in [1.29, 1.82) is 0 Å². The first-order valence-electron chi connectivity index (χ1n) is 4.95. The summed E-state index contributed by atoms with van der Waals surface area (Å²) in [7, 11) is 1.57. The number of methoxy groups -OCH3 is 1. The van der Waals surface area contributed by atoms with E-state index in [0.717, 1.165) is 4.88 Å². The average molecular weight is 272 g/mol. The van der Waals surface area contributed by atoms with Gasteiger partial charge < -0.3 is 10.5 Å². The average Bonchev–Trinajstić information content (AvgIpc) is 2.79. The molecule has 0 aliphatic heterocycles. The van der Waals surface area contributed by atoms with Gasteiger partial charge in [-0.25, -0.2) is 4.39 Å². The summed E-state index contributed by atoms with van der Waals surface area (Å²) in [5.41, 5.74) is 6.65. The second-order valence-corrected chi connectivity index (χ2v) is 4.85. The predicted octanol–water partition coefficient (Wildman–Crippen LogP) is 3.60. The van der Waals surface area contributed by atoms with Gasteiger partial charge in [0.25, 0.3) is 0 Å². The third-order valence-corrected chi connectivity index (χ3v) is 3.78. The fraction of sp³-hybridized carbons (Fsp3) is 0.167. The van der Waals surface area contributed by atoms with E-state index in [2.05, 4.69) is 0 Å². The second-order valence-electron chi connectivity index (χ2n) is 3.50. The fourth-order valence-electron chi connectivity index (χ4n) is 1.60. The van der Waals surface area contributed by atoms with Crippen molar-refractivity contribution < 1.29 is 9.13 Å². The Hall–Kier alpha value is -1.10. The zero-order valence-electron chi connectivity index (χ0n) is 9.11. The Morgan fingerprint density at radius 1 is 1.41 bits per heavy atom.